The fourth-order valence-electron chi connectivity index (χ4n) is 2.09. The number of aromatic amines is 1. The lowest BCUT2D eigenvalue weighted by Gasteiger charge is -2.20. The van der Waals surface area contributed by atoms with Gasteiger partial charge in [0.05, 0.1) is 11.0 Å². The van der Waals surface area contributed by atoms with Crippen LogP contribution in [-0.2, 0) is 6.54 Å². The maximum atomic E-state index is 5.41. The largest absolute Gasteiger partial charge is 0.331 e. The number of benzene rings is 1. The fourth-order valence-corrected chi connectivity index (χ4v) is 2.75. The number of nitrogens with one attached hydrogen (secondary N) is 1. The van der Waals surface area contributed by atoms with E-state index in [2.05, 4.69) is 69.5 Å². The SMILES string of the molecule is CC(C)N(C)CCCn1c(=S)[nH]c2cc(Br)ccc21. The number of imidazole rings is 1. The van der Waals surface area contributed by atoms with Crippen LogP contribution in [-0.4, -0.2) is 34.1 Å². The van der Waals surface area contributed by atoms with Gasteiger partial charge in [-0.3, -0.25) is 0 Å². The summed E-state index contributed by atoms with van der Waals surface area (Å²) in [5.41, 5.74) is 2.27. The molecule has 0 saturated carbocycles. The van der Waals surface area contributed by atoms with Crippen molar-refractivity contribution in [2.45, 2.75) is 32.9 Å². The average Bonchev–Trinajstić information content (AvgIpc) is 2.64. The molecule has 19 heavy (non-hydrogen) atoms. The van der Waals surface area contributed by atoms with Crippen LogP contribution >= 0.6 is 28.1 Å². The van der Waals surface area contributed by atoms with Gasteiger partial charge in [-0.15, -0.1) is 0 Å². The number of hydrogen-bond donors (Lipinski definition) is 1. The summed E-state index contributed by atoms with van der Waals surface area (Å²) >= 11 is 8.89. The lowest BCUT2D eigenvalue weighted by Crippen LogP contribution is -2.27. The van der Waals surface area contributed by atoms with Crippen LogP contribution in [0, 0.1) is 4.77 Å². The normalized spacial score (nSPS) is 11.9. The zero-order chi connectivity index (χ0) is 14.0. The summed E-state index contributed by atoms with van der Waals surface area (Å²) in [6.07, 6.45) is 1.10. The molecule has 0 aliphatic heterocycles. The third-order valence-electron chi connectivity index (χ3n) is 3.51. The van der Waals surface area contributed by atoms with Gasteiger partial charge in [-0.25, -0.2) is 0 Å². The van der Waals surface area contributed by atoms with E-state index in [0.29, 0.717) is 6.04 Å². The summed E-state index contributed by atoms with van der Waals surface area (Å²) in [5, 5.41) is 0. The molecule has 0 radical (unpaired) electrons. The smallest absolute Gasteiger partial charge is 0.178 e. The summed E-state index contributed by atoms with van der Waals surface area (Å²) in [6.45, 7) is 6.48. The van der Waals surface area contributed by atoms with E-state index < -0.39 is 0 Å². The molecule has 0 amide bonds. The number of H-pyrrole nitrogens is 1. The maximum absolute atomic E-state index is 5.41. The summed E-state index contributed by atoms with van der Waals surface area (Å²) in [6, 6.07) is 6.83. The topological polar surface area (TPSA) is 24.0 Å². The Morgan fingerprint density at radius 2 is 2.16 bits per heavy atom. The van der Waals surface area contributed by atoms with Gasteiger partial charge >= 0.3 is 0 Å². The Morgan fingerprint density at radius 1 is 1.42 bits per heavy atom. The molecular formula is C14H20BrN3S. The van der Waals surface area contributed by atoms with E-state index in [4.69, 9.17) is 12.2 Å². The van der Waals surface area contributed by atoms with Crippen molar-refractivity contribution in [3.63, 3.8) is 0 Å². The van der Waals surface area contributed by atoms with Crippen molar-refractivity contribution in [2.24, 2.45) is 0 Å². The Hall–Kier alpha value is -0.650. The van der Waals surface area contributed by atoms with Gasteiger partial charge in [0.15, 0.2) is 4.77 Å². The van der Waals surface area contributed by atoms with Gasteiger partial charge in [0, 0.05) is 17.1 Å². The molecule has 0 spiro atoms. The zero-order valence-electron chi connectivity index (χ0n) is 11.6. The quantitative estimate of drug-likeness (QED) is 0.824. The number of nitrogens with zero attached hydrogens (tertiary/aromatic N) is 2. The summed E-state index contributed by atoms with van der Waals surface area (Å²) in [4.78, 5) is 5.62. The number of aromatic nitrogens is 2. The predicted molar refractivity (Wildman–Crippen MR) is 87.2 cm³/mol. The van der Waals surface area contributed by atoms with Crippen molar-refractivity contribution in [1.82, 2.24) is 14.5 Å². The van der Waals surface area contributed by atoms with Gasteiger partial charge < -0.3 is 14.5 Å². The molecule has 0 aliphatic carbocycles. The van der Waals surface area contributed by atoms with Crippen LogP contribution in [0.2, 0.25) is 0 Å². The van der Waals surface area contributed by atoms with E-state index >= 15 is 0 Å². The lowest BCUT2D eigenvalue weighted by molar-refractivity contribution is 0.266. The lowest BCUT2D eigenvalue weighted by atomic mass is 10.3. The highest BCUT2D eigenvalue weighted by Crippen LogP contribution is 2.19. The van der Waals surface area contributed by atoms with Crippen LogP contribution in [0.4, 0.5) is 0 Å². The van der Waals surface area contributed by atoms with Crippen molar-refractivity contribution in [3.8, 4) is 0 Å². The minimum absolute atomic E-state index is 0.590. The van der Waals surface area contributed by atoms with E-state index in [1.54, 1.807) is 0 Å². The van der Waals surface area contributed by atoms with Gasteiger partial charge in [0.25, 0.3) is 0 Å². The second-order valence-corrected chi connectivity index (χ2v) is 6.47. The van der Waals surface area contributed by atoms with E-state index in [1.807, 2.05) is 0 Å². The third kappa shape index (κ3) is 3.46. The third-order valence-corrected chi connectivity index (χ3v) is 4.33. The molecule has 1 heterocycles. The molecule has 0 atom stereocenters. The van der Waals surface area contributed by atoms with Crippen LogP contribution in [0.3, 0.4) is 0 Å². The van der Waals surface area contributed by atoms with E-state index in [9.17, 15) is 0 Å². The van der Waals surface area contributed by atoms with Gasteiger partial charge in [-0.1, -0.05) is 15.9 Å². The molecule has 2 rings (SSSR count). The maximum Gasteiger partial charge on any atom is 0.178 e. The Morgan fingerprint density at radius 3 is 2.84 bits per heavy atom. The molecular weight excluding hydrogens is 322 g/mol. The Bertz CT molecular complexity index is 615. The van der Waals surface area contributed by atoms with Crippen LogP contribution in [0.15, 0.2) is 22.7 Å². The molecule has 1 aromatic carbocycles. The molecule has 2 aromatic rings. The van der Waals surface area contributed by atoms with Gasteiger partial charge in [0.2, 0.25) is 0 Å². The van der Waals surface area contributed by atoms with Gasteiger partial charge in [-0.05, 0) is 64.3 Å². The highest BCUT2D eigenvalue weighted by Gasteiger charge is 2.06. The van der Waals surface area contributed by atoms with Crippen molar-refractivity contribution in [1.29, 1.82) is 0 Å². The minimum Gasteiger partial charge on any atom is -0.331 e. The van der Waals surface area contributed by atoms with Crippen LogP contribution in [0.1, 0.15) is 20.3 Å². The Labute approximate surface area is 127 Å². The fraction of sp³-hybridized carbons (Fsp3) is 0.500. The standard InChI is InChI=1S/C14H20BrN3S/c1-10(2)17(3)7-4-8-18-13-6-5-11(15)9-12(13)16-14(18)19/h5-6,9-10H,4,7-8H2,1-3H3,(H,16,19). The number of rotatable bonds is 5. The summed E-state index contributed by atoms with van der Waals surface area (Å²) in [7, 11) is 2.16. The Kier molecular flexibility index (Phi) is 4.81. The summed E-state index contributed by atoms with van der Waals surface area (Å²) < 4.78 is 4.06. The number of fused-ring (bicyclic) bond motifs is 1. The molecule has 3 nitrogen and oxygen atoms in total. The molecule has 1 N–H and O–H groups in total. The monoisotopic (exact) mass is 341 g/mol. The van der Waals surface area contributed by atoms with Crippen molar-refractivity contribution in [3.05, 3.63) is 27.4 Å². The molecule has 104 valence electrons. The van der Waals surface area contributed by atoms with Crippen LogP contribution in [0.5, 0.6) is 0 Å². The predicted octanol–water partition coefficient (Wildman–Crippen LogP) is 4.19. The molecule has 0 unspecified atom stereocenters. The van der Waals surface area contributed by atoms with E-state index in [1.165, 1.54) is 5.52 Å². The second-order valence-electron chi connectivity index (χ2n) is 5.17. The highest BCUT2D eigenvalue weighted by atomic mass is 79.9. The molecule has 0 saturated heterocycles. The number of aryl methyl sites for hydroxylation is 1. The van der Waals surface area contributed by atoms with Gasteiger partial charge in [-0.2, -0.15) is 0 Å². The Balaban J connectivity index is 2.13. The van der Waals surface area contributed by atoms with Crippen molar-refractivity contribution in [2.75, 3.05) is 13.6 Å². The average molecular weight is 342 g/mol. The van der Waals surface area contributed by atoms with Gasteiger partial charge in [0.1, 0.15) is 0 Å². The number of halogens is 1. The van der Waals surface area contributed by atoms with Crippen LogP contribution < -0.4 is 0 Å². The van der Waals surface area contributed by atoms with E-state index in [0.717, 1.165) is 34.3 Å². The molecule has 0 fully saturated rings. The van der Waals surface area contributed by atoms with Crippen LogP contribution in [0.25, 0.3) is 11.0 Å². The van der Waals surface area contributed by atoms with Crippen molar-refractivity contribution < 1.29 is 0 Å². The molecule has 0 aliphatic rings. The molecule has 1 aromatic heterocycles. The second kappa shape index (κ2) is 6.20. The molecule has 5 heteroatoms. The molecule has 0 bridgehead atoms. The first-order valence-corrected chi connectivity index (χ1v) is 7.77. The minimum atomic E-state index is 0.590. The number of hydrogen-bond acceptors (Lipinski definition) is 2. The first kappa shape index (κ1) is 14.8. The first-order chi connectivity index (χ1) is 8.99. The van der Waals surface area contributed by atoms with E-state index in [-0.39, 0.29) is 0 Å². The highest BCUT2D eigenvalue weighted by molar-refractivity contribution is 9.10. The summed E-state index contributed by atoms with van der Waals surface area (Å²) in [5.74, 6) is 0. The van der Waals surface area contributed by atoms with Crippen molar-refractivity contribution >= 4 is 39.2 Å². The first-order valence-electron chi connectivity index (χ1n) is 6.57. The zero-order valence-corrected chi connectivity index (χ0v) is 14.0.